The Labute approximate surface area is 178 Å². The maximum atomic E-state index is 13.1. The van der Waals surface area contributed by atoms with Gasteiger partial charge in [-0.15, -0.1) is 0 Å². The molecule has 0 radical (unpaired) electrons. The van der Waals surface area contributed by atoms with Gasteiger partial charge in [0.05, 0.1) is 6.54 Å². The molecule has 1 unspecified atom stereocenters. The number of rotatable bonds is 7. The van der Waals surface area contributed by atoms with Gasteiger partial charge in [0.2, 0.25) is 0 Å². The van der Waals surface area contributed by atoms with Crippen LogP contribution in [0.2, 0.25) is 0 Å². The van der Waals surface area contributed by atoms with Crippen LogP contribution < -0.4 is 10.1 Å². The van der Waals surface area contributed by atoms with E-state index in [4.69, 9.17) is 0 Å². The first-order chi connectivity index (χ1) is 14.6. The van der Waals surface area contributed by atoms with Gasteiger partial charge in [0.15, 0.2) is 5.78 Å². The van der Waals surface area contributed by atoms with Crippen molar-refractivity contribution in [1.29, 1.82) is 0 Å². The van der Waals surface area contributed by atoms with E-state index < -0.39 is 24.1 Å². The Morgan fingerprint density at radius 3 is 2.45 bits per heavy atom. The molecule has 1 saturated carbocycles. The second-order valence-electron chi connectivity index (χ2n) is 8.16. The first-order valence-corrected chi connectivity index (χ1v) is 10.0. The van der Waals surface area contributed by atoms with E-state index >= 15 is 0 Å². The summed E-state index contributed by atoms with van der Waals surface area (Å²) in [6, 6.07) is 7.01. The van der Waals surface area contributed by atoms with Crippen molar-refractivity contribution in [2.45, 2.75) is 51.8 Å². The zero-order valence-electron chi connectivity index (χ0n) is 17.4. The summed E-state index contributed by atoms with van der Waals surface area (Å²) in [7, 11) is 0. The van der Waals surface area contributed by atoms with E-state index in [0.717, 1.165) is 29.1 Å². The standard InChI is InChI=1S/C22H23F2N3O4/c1-12-10-17(13(2)27(12)15-6-7-15)18(28)11-26-19(29)22(3,25-21(26)30)14-4-8-16(9-5-14)31-20(23)24/h4-5,8-10,15,20H,6-7,11H2,1-3H3,(H,25,30). The molecule has 1 aromatic heterocycles. The zero-order valence-corrected chi connectivity index (χ0v) is 17.4. The Morgan fingerprint density at radius 2 is 1.87 bits per heavy atom. The molecule has 31 heavy (non-hydrogen) atoms. The third kappa shape index (κ3) is 3.68. The van der Waals surface area contributed by atoms with Gasteiger partial charge in [-0.3, -0.25) is 14.5 Å². The number of ether oxygens (including phenoxy) is 1. The van der Waals surface area contributed by atoms with E-state index in [2.05, 4.69) is 14.6 Å². The minimum Gasteiger partial charge on any atom is -0.435 e. The van der Waals surface area contributed by atoms with Crippen LogP contribution in [0.1, 0.15) is 53.1 Å². The number of nitrogens with one attached hydrogen (secondary N) is 1. The zero-order chi connectivity index (χ0) is 22.5. The molecule has 4 rings (SSSR count). The monoisotopic (exact) mass is 431 g/mol. The molecule has 3 amide bonds. The maximum absolute atomic E-state index is 13.1. The lowest BCUT2D eigenvalue weighted by Gasteiger charge is -2.22. The predicted octanol–water partition coefficient (Wildman–Crippen LogP) is 3.69. The van der Waals surface area contributed by atoms with Gasteiger partial charge in [-0.1, -0.05) is 12.1 Å². The molecule has 2 fully saturated rings. The number of alkyl halides is 2. The highest BCUT2D eigenvalue weighted by Crippen LogP contribution is 2.38. The number of amides is 3. The van der Waals surface area contributed by atoms with Crippen molar-refractivity contribution in [3.05, 3.63) is 52.8 Å². The van der Waals surface area contributed by atoms with Gasteiger partial charge in [-0.2, -0.15) is 8.78 Å². The number of ketones is 1. The Hall–Kier alpha value is -3.23. The average Bonchev–Trinajstić information content (AvgIpc) is 3.45. The summed E-state index contributed by atoms with van der Waals surface area (Å²) < 4.78 is 31.2. The molecule has 1 N–H and O–H groups in total. The van der Waals surface area contributed by atoms with Crippen LogP contribution in [0.15, 0.2) is 30.3 Å². The molecule has 0 bridgehead atoms. The Morgan fingerprint density at radius 1 is 1.23 bits per heavy atom. The van der Waals surface area contributed by atoms with Crippen molar-refractivity contribution in [1.82, 2.24) is 14.8 Å². The van der Waals surface area contributed by atoms with Crippen molar-refractivity contribution < 1.29 is 27.9 Å². The van der Waals surface area contributed by atoms with Crippen molar-refractivity contribution in [3.8, 4) is 5.75 Å². The highest BCUT2D eigenvalue weighted by molar-refractivity contribution is 6.11. The minimum atomic E-state index is -2.96. The van der Waals surface area contributed by atoms with Crippen LogP contribution >= 0.6 is 0 Å². The van der Waals surface area contributed by atoms with E-state index in [1.165, 1.54) is 31.2 Å². The molecule has 2 aromatic rings. The summed E-state index contributed by atoms with van der Waals surface area (Å²) in [5, 5.41) is 2.61. The molecule has 164 valence electrons. The quantitative estimate of drug-likeness (QED) is 0.536. The molecule has 1 aliphatic carbocycles. The van der Waals surface area contributed by atoms with Crippen molar-refractivity contribution >= 4 is 17.7 Å². The second-order valence-corrected chi connectivity index (χ2v) is 8.16. The van der Waals surface area contributed by atoms with Gasteiger partial charge in [0.25, 0.3) is 5.91 Å². The molecule has 1 atom stereocenters. The third-order valence-corrected chi connectivity index (χ3v) is 5.93. The number of benzene rings is 1. The van der Waals surface area contributed by atoms with Gasteiger partial charge in [-0.25, -0.2) is 4.79 Å². The largest absolute Gasteiger partial charge is 0.435 e. The van der Waals surface area contributed by atoms with Crippen LogP contribution in [-0.4, -0.2) is 40.3 Å². The van der Waals surface area contributed by atoms with Gasteiger partial charge >= 0.3 is 12.6 Å². The first-order valence-electron chi connectivity index (χ1n) is 10.0. The molecule has 7 nitrogen and oxygen atoms in total. The first kappa shape index (κ1) is 21.0. The Kier molecular flexibility index (Phi) is 5.07. The molecule has 2 aliphatic rings. The maximum Gasteiger partial charge on any atom is 0.387 e. The summed E-state index contributed by atoms with van der Waals surface area (Å²) in [5.41, 5.74) is 1.32. The fourth-order valence-electron chi connectivity index (χ4n) is 4.19. The summed E-state index contributed by atoms with van der Waals surface area (Å²) in [6.07, 6.45) is 2.16. The van der Waals surface area contributed by atoms with Gasteiger partial charge in [0, 0.05) is 23.0 Å². The van der Waals surface area contributed by atoms with Crippen LogP contribution in [0.5, 0.6) is 5.75 Å². The highest BCUT2D eigenvalue weighted by atomic mass is 19.3. The van der Waals surface area contributed by atoms with E-state index in [-0.39, 0.29) is 18.1 Å². The number of carbonyl (C=O) groups is 3. The lowest BCUT2D eigenvalue weighted by molar-refractivity contribution is -0.130. The molecule has 1 aliphatic heterocycles. The summed E-state index contributed by atoms with van der Waals surface area (Å²) in [4.78, 5) is 39.5. The van der Waals surface area contributed by atoms with Crippen LogP contribution in [0.4, 0.5) is 13.6 Å². The molecular formula is C22H23F2N3O4. The molecule has 1 saturated heterocycles. The summed E-state index contributed by atoms with van der Waals surface area (Å²) in [6.45, 7) is 1.99. The van der Waals surface area contributed by atoms with Crippen molar-refractivity contribution in [3.63, 3.8) is 0 Å². The fraction of sp³-hybridized carbons (Fsp3) is 0.409. The van der Waals surface area contributed by atoms with E-state index in [9.17, 15) is 23.2 Å². The Balaban J connectivity index is 1.53. The van der Waals surface area contributed by atoms with E-state index in [1.54, 1.807) is 6.07 Å². The van der Waals surface area contributed by atoms with E-state index in [1.807, 2.05) is 13.8 Å². The summed E-state index contributed by atoms with van der Waals surface area (Å²) in [5.74, 6) is -0.949. The van der Waals surface area contributed by atoms with Crippen LogP contribution in [-0.2, 0) is 10.3 Å². The molecule has 1 aromatic carbocycles. The fourth-order valence-corrected chi connectivity index (χ4v) is 4.19. The molecule has 9 heteroatoms. The summed E-state index contributed by atoms with van der Waals surface area (Å²) >= 11 is 0. The number of Topliss-reactive ketones (excluding diaryl/α,β-unsaturated/α-hetero) is 1. The lowest BCUT2D eigenvalue weighted by Crippen LogP contribution is -2.41. The number of hydrogen-bond donors (Lipinski definition) is 1. The minimum absolute atomic E-state index is 0.0582. The number of aromatic nitrogens is 1. The van der Waals surface area contributed by atoms with Gasteiger partial charge in [0.1, 0.15) is 11.3 Å². The number of urea groups is 1. The van der Waals surface area contributed by atoms with E-state index in [0.29, 0.717) is 17.2 Å². The average molecular weight is 431 g/mol. The number of carbonyl (C=O) groups excluding carboxylic acids is 3. The lowest BCUT2D eigenvalue weighted by atomic mass is 9.92. The van der Waals surface area contributed by atoms with Crippen LogP contribution in [0.25, 0.3) is 0 Å². The number of hydrogen-bond acceptors (Lipinski definition) is 4. The molecule has 0 spiro atoms. The second kappa shape index (κ2) is 7.47. The number of halogens is 2. The van der Waals surface area contributed by atoms with Gasteiger partial charge < -0.3 is 14.6 Å². The number of aryl methyl sites for hydroxylation is 1. The van der Waals surface area contributed by atoms with Crippen molar-refractivity contribution in [2.75, 3.05) is 6.54 Å². The number of nitrogens with zero attached hydrogens (tertiary/aromatic N) is 2. The predicted molar refractivity (Wildman–Crippen MR) is 107 cm³/mol. The SMILES string of the molecule is Cc1cc(C(=O)CN2C(=O)NC(C)(c3ccc(OC(F)F)cc3)C2=O)c(C)n1C1CC1. The third-order valence-electron chi connectivity index (χ3n) is 5.93. The molecular weight excluding hydrogens is 408 g/mol. The molecule has 2 heterocycles. The smallest absolute Gasteiger partial charge is 0.387 e. The highest BCUT2D eigenvalue weighted by Gasteiger charge is 2.49. The topological polar surface area (TPSA) is 80.6 Å². The van der Waals surface area contributed by atoms with Crippen molar-refractivity contribution in [2.24, 2.45) is 0 Å². The number of imide groups is 1. The van der Waals surface area contributed by atoms with Crippen LogP contribution in [0.3, 0.4) is 0 Å². The normalized spacial score (nSPS) is 21.0. The van der Waals surface area contributed by atoms with Crippen LogP contribution in [0, 0.1) is 13.8 Å². The Bertz CT molecular complexity index is 1060. The van der Waals surface area contributed by atoms with Gasteiger partial charge in [-0.05, 0) is 57.4 Å².